The lowest BCUT2D eigenvalue weighted by atomic mass is 10.0. The van der Waals surface area contributed by atoms with Gasteiger partial charge in [-0.25, -0.2) is 8.42 Å². The van der Waals surface area contributed by atoms with Crippen LogP contribution in [0.25, 0.3) is 0 Å². The van der Waals surface area contributed by atoms with Crippen LogP contribution in [0.2, 0.25) is 0 Å². The fourth-order valence-corrected chi connectivity index (χ4v) is 5.97. The topological polar surface area (TPSA) is 128 Å². The molecule has 0 spiro atoms. The normalized spacial score (nSPS) is 13.0. The van der Waals surface area contributed by atoms with Gasteiger partial charge in [0.1, 0.15) is 11.5 Å². The summed E-state index contributed by atoms with van der Waals surface area (Å²) in [6, 6.07) is 21.5. The van der Waals surface area contributed by atoms with Crippen molar-refractivity contribution < 1.29 is 32.3 Å². The van der Waals surface area contributed by atoms with Gasteiger partial charge < -0.3 is 20.1 Å². The molecule has 0 aromatic heterocycles. The van der Waals surface area contributed by atoms with E-state index in [2.05, 4.69) is 10.6 Å². The van der Waals surface area contributed by atoms with E-state index in [4.69, 9.17) is 9.47 Å². The molecule has 9 nitrogen and oxygen atoms in total. The second-order valence-electron chi connectivity index (χ2n) is 8.57. The average Bonchev–Trinajstić information content (AvgIpc) is 2.96. The molecule has 0 aliphatic carbocycles. The van der Waals surface area contributed by atoms with Gasteiger partial charge in [-0.2, -0.15) is 0 Å². The number of nitrogens with one attached hydrogen (secondary N) is 2. The fraction of sp³-hybridized carbons (Fsp3) is 0.0690. The van der Waals surface area contributed by atoms with Crippen LogP contribution in [-0.4, -0.2) is 40.2 Å². The number of amides is 2. The Labute approximate surface area is 224 Å². The van der Waals surface area contributed by atoms with E-state index in [1.807, 2.05) is 0 Å². The highest BCUT2D eigenvalue weighted by atomic mass is 32.2. The van der Waals surface area contributed by atoms with Crippen LogP contribution in [0.4, 0.5) is 11.4 Å². The van der Waals surface area contributed by atoms with Crippen LogP contribution in [-0.2, 0) is 9.84 Å². The highest BCUT2D eigenvalue weighted by Crippen LogP contribution is 2.38. The molecule has 1 aliphatic rings. The number of anilines is 2. The van der Waals surface area contributed by atoms with Crippen molar-refractivity contribution >= 4 is 38.8 Å². The number of sulfone groups is 1. The Balaban J connectivity index is 1.45. The first-order chi connectivity index (χ1) is 18.7. The Morgan fingerprint density at radius 1 is 0.641 bits per heavy atom. The number of methoxy groups -OCH3 is 2. The first-order valence-corrected chi connectivity index (χ1v) is 13.2. The molecule has 1 heterocycles. The largest absolute Gasteiger partial charge is 0.494 e. The maximum absolute atomic E-state index is 13.2. The predicted octanol–water partition coefficient (Wildman–Crippen LogP) is 4.59. The number of benzene rings is 4. The van der Waals surface area contributed by atoms with Gasteiger partial charge >= 0.3 is 0 Å². The predicted molar refractivity (Wildman–Crippen MR) is 144 cm³/mol. The van der Waals surface area contributed by atoms with E-state index < -0.39 is 21.5 Å². The van der Waals surface area contributed by atoms with Gasteiger partial charge in [-0.05, 0) is 42.5 Å². The van der Waals surface area contributed by atoms with Crippen LogP contribution < -0.4 is 20.1 Å². The summed E-state index contributed by atoms with van der Waals surface area (Å²) < 4.78 is 37.3. The number of rotatable bonds is 6. The van der Waals surface area contributed by atoms with Crippen molar-refractivity contribution in [2.45, 2.75) is 9.79 Å². The number of hydrogen-bond acceptors (Lipinski definition) is 7. The number of carbonyl (C=O) groups excluding carboxylic acids is 3. The zero-order chi connectivity index (χ0) is 27.7. The van der Waals surface area contributed by atoms with Crippen LogP contribution in [0.3, 0.4) is 0 Å². The molecule has 5 rings (SSSR count). The number of hydrogen-bond donors (Lipinski definition) is 2. The molecular formula is C29H22N2O7S. The Hall–Kier alpha value is -4.96. The van der Waals surface area contributed by atoms with Crippen molar-refractivity contribution in [3.8, 4) is 11.5 Å². The molecule has 0 saturated heterocycles. The summed E-state index contributed by atoms with van der Waals surface area (Å²) in [5, 5.41) is 5.46. The molecule has 0 bridgehead atoms. The number of fused-ring (bicyclic) bond motifs is 2. The lowest BCUT2D eigenvalue weighted by molar-refractivity contribution is 0.101. The van der Waals surface area contributed by atoms with Crippen molar-refractivity contribution in [1.82, 2.24) is 0 Å². The van der Waals surface area contributed by atoms with E-state index in [1.54, 1.807) is 36.4 Å². The molecule has 2 N–H and O–H groups in total. The van der Waals surface area contributed by atoms with Gasteiger partial charge in [0.15, 0.2) is 5.78 Å². The summed E-state index contributed by atoms with van der Waals surface area (Å²) in [6.07, 6.45) is 0. The minimum atomic E-state index is -4.01. The van der Waals surface area contributed by atoms with E-state index >= 15 is 0 Å². The molecule has 0 atom stereocenters. The maximum Gasteiger partial charge on any atom is 0.255 e. The van der Waals surface area contributed by atoms with Gasteiger partial charge in [0.25, 0.3) is 11.8 Å². The Morgan fingerprint density at radius 3 is 1.79 bits per heavy atom. The summed E-state index contributed by atoms with van der Waals surface area (Å²) >= 11 is 0. The van der Waals surface area contributed by atoms with E-state index in [0.717, 1.165) is 0 Å². The minimum Gasteiger partial charge on any atom is -0.494 e. The first-order valence-electron chi connectivity index (χ1n) is 11.7. The standard InChI is InChI=1S/C29H22N2O7S/c1-37-23-16-22(24(38-2)15-21(23)30-28(33)17-8-4-3-5-9-17)31-29(34)18-12-13-20-26(14-18)39(35,36)25-11-7-6-10-19(25)27(20)32/h3-16H,1-2H3,(H,30,33)(H,31,34). The third-order valence-electron chi connectivity index (χ3n) is 6.25. The summed E-state index contributed by atoms with van der Waals surface area (Å²) in [7, 11) is -1.20. The van der Waals surface area contributed by atoms with Crippen molar-refractivity contribution in [1.29, 1.82) is 0 Å². The third-order valence-corrected chi connectivity index (χ3v) is 8.10. The monoisotopic (exact) mass is 542 g/mol. The van der Waals surface area contributed by atoms with Crippen LogP contribution in [0.1, 0.15) is 36.6 Å². The summed E-state index contributed by atoms with van der Waals surface area (Å²) in [6.45, 7) is 0. The number of ketones is 1. The molecule has 196 valence electrons. The van der Waals surface area contributed by atoms with Gasteiger partial charge in [0.2, 0.25) is 9.84 Å². The minimum absolute atomic E-state index is 0.00279. The van der Waals surface area contributed by atoms with Crippen molar-refractivity contribution in [2.24, 2.45) is 0 Å². The third kappa shape index (κ3) is 4.62. The molecule has 0 unspecified atom stereocenters. The molecule has 2 amide bonds. The van der Waals surface area contributed by atoms with Crippen LogP contribution in [0.5, 0.6) is 11.5 Å². The Bertz CT molecular complexity index is 1750. The van der Waals surface area contributed by atoms with Gasteiger partial charge in [0.05, 0.1) is 35.4 Å². The molecule has 0 fully saturated rings. The molecule has 10 heteroatoms. The molecule has 4 aromatic carbocycles. The van der Waals surface area contributed by atoms with E-state index in [9.17, 15) is 22.8 Å². The Morgan fingerprint density at radius 2 is 1.18 bits per heavy atom. The fourth-order valence-electron chi connectivity index (χ4n) is 4.30. The molecule has 4 aromatic rings. The van der Waals surface area contributed by atoms with Gasteiger partial charge in [-0.15, -0.1) is 0 Å². The zero-order valence-corrected chi connectivity index (χ0v) is 21.7. The smallest absolute Gasteiger partial charge is 0.255 e. The average molecular weight is 543 g/mol. The summed E-state index contributed by atoms with van der Waals surface area (Å²) in [5.41, 5.74) is 1.10. The van der Waals surface area contributed by atoms with Gasteiger partial charge in [0, 0.05) is 34.4 Å². The van der Waals surface area contributed by atoms with E-state index in [-0.39, 0.29) is 49.6 Å². The highest BCUT2D eigenvalue weighted by Gasteiger charge is 2.35. The van der Waals surface area contributed by atoms with Crippen molar-refractivity contribution in [3.63, 3.8) is 0 Å². The maximum atomic E-state index is 13.2. The number of ether oxygens (including phenoxy) is 2. The molecular weight excluding hydrogens is 520 g/mol. The lowest BCUT2D eigenvalue weighted by Gasteiger charge is -2.19. The Kier molecular flexibility index (Phi) is 6.63. The molecule has 1 aliphatic heterocycles. The molecule has 39 heavy (non-hydrogen) atoms. The van der Waals surface area contributed by atoms with Crippen molar-refractivity contribution in [2.75, 3.05) is 24.9 Å². The number of carbonyl (C=O) groups is 3. The van der Waals surface area contributed by atoms with Gasteiger partial charge in [-0.3, -0.25) is 14.4 Å². The van der Waals surface area contributed by atoms with E-state index in [1.165, 1.54) is 62.8 Å². The van der Waals surface area contributed by atoms with Crippen LogP contribution in [0.15, 0.2) is 94.7 Å². The summed E-state index contributed by atoms with van der Waals surface area (Å²) in [4.78, 5) is 38.4. The van der Waals surface area contributed by atoms with Gasteiger partial charge in [-0.1, -0.05) is 30.3 Å². The van der Waals surface area contributed by atoms with Crippen molar-refractivity contribution in [3.05, 3.63) is 107 Å². The second kappa shape index (κ2) is 10.1. The molecule has 0 radical (unpaired) electrons. The van der Waals surface area contributed by atoms with Crippen LogP contribution >= 0.6 is 0 Å². The lowest BCUT2D eigenvalue weighted by Crippen LogP contribution is -2.21. The quantitative estimate of drug-likeness (QED) is 0.321. The molecule has 0 saturated carbocycles. The highest BCUT2D eigenvalue weighted by molar-refractivity contribution is 7.91. The first kappa shape index (κ1) is 25.7. The summed E-state index contributed by atoms with van der Waals surface area (Å²) in [5.74, 6) is -0.949. The van der Waals surface area contributed by atoms with E-state index in [0.29, 0.717) is 11.3 Å². The van der Waals surface area contributed by atoms with Crippen LogP contribution in [0, 0.1) is 0 Å². The zero-order valence-electron chi connectivity index (χ0n) is 20.8. The SMILES string of the molecule is COc1cc(NC(=O)c2ccc3c(c2)S(=O)(=O)c2ccccc2C3=O)c(OC)cc1NC(=O)c1ccccc1. The second-order valence-corrected chi connectivity index (χ2v) is 10.5.